The molecule has 0 aromatic rings. The van der Waals surface area contributed by atoms with Gasteiger partial charge in [0.15, 0.2) is 0 Å². The summed E-state index contributed by atoms with van der Waals surface area (Å²) in [7, 11) is 0. The van der Waals surface area contributed by atoms with Crippen LogP contribution in [0.1, 0.15) is 12.8 Å². The van der Waals surface area contributed by atoms with Crippen molar-refractivity contribution >= 4 is 5.91 Å². The topological polar surface area (TPSA) is 78.6 Å². The number of primary amides is 1. The van der Waals surface area contributed by atoms with Crippen molar-refractivity contribution in [1.82, 2.24) is 10.2 Å². The highest BCUT2D eigenvalue weighted by Gasteiger charge is 2.25. The third kappa shape index (κ3) is 3.25. The summed E-state index contributed by atoms with van der Waals surface area (Å²) in [6.07, 6.45) is 1.70. The van der Waals surface area contributed by atoms with Crippen LogP contribution < -0.4 is 11.1 Å². The molecule has 1 aliphatic heterocycles. The molecule has 1 fully saturated rings. The van der Waals surface area contributed by atoms with Crippen molar-refractivity contribution in [3.8, 4) is 0 Å². The second-order valence-electron chi connectivity index (χ2n) is 3.59. The molecule has 0 aromatic heterocycles. The predicted molar refractivity (Wildman–Crippen MR) is 53.7 cm³/mol. The fourth-order valence-corrected chi connectivity index (χ4v) is 1.72. The van der Waals surface area contributed by atoms with Gasteiger partial charge in [0.25, 0.3) is 0 Å². The monoisotopic (exact) mass is 201 g/mol. The van der Waals surface area contributed by atoms with Crippen molar-refractivity contribution in [3.63, 3.8) is 0 Å². The number of piperazine rings is 1. The smallest absolute Gasteiger partial charge is 0.236 e. The Hall–Kier alpha value is -0.650. The van der Waals surface area contributed by atoms with Crippen LogP contribution in [0.2, 0.25) is 0 Å². The molecule has 14 heavy (non-hydrogen) atoms. The number of unbranched alkanes of at least 4 members (excludes halogenated alkanes) is 1. The Labute approximate surface area is 84.3 Å². The largest absolute Gasteiger partial charge is 0.396 e. The molecular weight excluding hydrogens is 182 g/mol. The van der Waals surface area contributed by atoms with Gasteiger partial charge in [-0.05, 0) is 19.4 Å². The van der Waals surface area contributed by atoms with Gasteiger partial charge >= 0.3 is 0 Å². The van der Waals surface area contributed by atoms with Gasteiger partial charge in [-0.15, -0.1) is 0 Å². The normalized spacial score (nSPS) is 23.6. The summed E-state index contributed by atoms with van der Waals surface area (Å²) in [6, 6.07) is -0.178. The second-order valence-corrected chi connectivity index (χ2v) is 3.59. The number of carbonyl (C=O) groups excluding carboxylic acids is 1. The van der Waals surface area contributed by atoms with Gasteiger partial charge < -0.3 is 16.2 Å². The van der Waals surface area contributed by atoms with Crippen molar-refractivity contribution < 1.29 is 9.90 Å². The number of carbonyl (C=O) groups is 1. The molecule has 4 N–H and O–H groups in total. The van der Waals surface area contributed by atoms with E-state index in [9.17, 15) is 4.79 Å². The molecule has 5 heteroatoms. The van der Waals surface area contributed by atoms with Crippen molar-refractivity contribution in [3.05, 3.63) is 0 Å². The van der Waals surface area contributed by atoms with E-state index in [1.807, 2.05) is 0 Å². The van der Waals surface area contributed by atoms with E-state index in [-0.39, 0.29) is 18.6 Å². The van der Waals surface area contributed by atoms with Crippen LogP contribution >= 0.6 is 0 Å². The van der Waals surface area contributed by atoms with Crippen molar-refractivity contribution in [2.24, 2.45) is 5.73 Å². The highest BCUT2D eigenvalue weighted by Crippen LogP contribution is 2.04. The first-order valence-electron chi connectivity index (χ1n) is 5.10. The van der Waals surface area contributed by atoms with Crippen molar-refractivity contribution in [2.45, 2.75) is 18.9 Å². The number of aliphatic hydroxyl groups is 1. The van der Waals surface area contributed by atoms with E-state index < -0.39 is 0 Å². The number of hydrogen-bond acceptors (Lipinski definition) is 4. The lowest BCUT2D eigenvalue weighted by molar-refractivity contribution is -0.123. The third-order valence-corrected chi connectivity index (χ3v) is 2.54. The maximum atomic E-state index is 11.1. The Morgan fingerprint density at radius 3 is 3.00 bits per heavy atom. The molecule has 1 rings (SSSR count). The van der Waals surface area contributed by atoms with E-state index in [4.69, 9.17) is 10.8 Å². The molecule has 0 aromatic carbocycles. The van der Waals surface area contributed by atoms with Gasteiger partial charge in [-0.1, -0.05) is 0 Å². The first-order valence-corrected chi connectivity index (χ1v) is 5.10. The molecule has 82 valence electrons. The molecule has 5 nitrogen and oxygen atoms in total. The van der Waals surface area contributed by atoms with Gasteiger partial charge in [-0.3, -0.25) is 9.69 Å². The van der Waals surface area contributed by atoms with Gasteiger partial charge in [-0.25, -0.2) is 0 Å². The van der Waals surface area contributed by atoms with E-state index in [0.717, 1.165) is 32.5 Å². The van der Waals surface area contributed by atoms with Gasteiger partial charge in [0.05, 0.1) is 0 Å². The highest BCUT2D eigenvalue weighted by molar-refractivity contribution is 5.80. The minimum absolute atomic E-state index is 0.178. The van der Waals surface area contributed by atoms with Crippen LogP contribution in [-0.4, -0.2) is 54.7 Å². The average molecular weight is 201 g/mol. The number of aliphatic hydroxyl groups excluding tert-OH is 1. The van der Waals surface area contributed by atoms with E-state index in [1.165, 1.54) is 0 Å². The molecule has 0 aliphatic carbocycles. The van der Waals surface area contributed by atoms with Crippen LogP contribution in [0.25, 0.3) is 0 Å². The van der Waals surface area contributed by atoms with Gasteiger partial charge in [0, 0.05) is 26.2 Å². The molecule has 0 saturated carbocycles. The minimum Gasteiger partial charge on any atom is -0.396 e. The Bertz CT molecular complexity index is 187. The highest BCUT2D eigenvalue weighted by atomic mass is 16.2. The molecule has 1 atom stereocenters. The third-order valence-electron chi connectivity index (χ3n) is 2.54. The van der Waals surface area contributed by atoms with E-state index >= 15 is 0 Å². The van der Waals surface area contributed by atoms with E-state index in [2.05, 4.69) is 10.2 Å². The van der Waals surface area contributed by atoms with E-state index in [1.54, 1.807) is 0 Å². The van der Waals surface area contributed by atoms with Crippen LogP contribution in [-0.2, 0) is 4.79 Å². The number of hydrogen-bond donors (Lipinski definition) is 3. The molecule has 1 heterocycles. The summed E-state index contributed by atoms with van der Waals surface area (Å²) in [5, 5.41) is 11.8. The van der Waals surface area contributed by atoms with E-state index in [0.29, 0.717) is 6.54 Å². The van der Waals surface area contributed by atoms with Crippen LogP contribution in [0.5, 0.6) is 0 Å². The SMILES string of the molecule is NC(=O)C1CNCCN1CCCCO. The zero-order valence-electron chi connectivity index (χ0n) is 8.41. The average Bonchev–Trinajstić information content (AvgIpc) is 2.19. The van der Waals surface area contributed by atoms with Gasteiger partial charge in [0.1, 0.15) is 6.04 Å². The number of nitrogens with one attached hydrogen (secondary N) is 1. The fraction of sp³-hybridized carbons (Fsp3) is 0.889. The minimum atomic E-state index is -0.263. The van der Waals surface area contributed by atoms with Crippen LogP contribution in [0, 0.1) is 0 Å². The van der Waals surface area contributed by atoms with Gasteiger partial charge in [-0.2, -0.15) is 0 Å². The maximum absolute atomic E-state index is 11.1. The predicted octanol–water partition coefficient (Wildman–Crippen LogP) is -1.48. The molecule has 0 radical (unpaired) electrons. The Kier molecular flexibility index (Phi) is 4.86. The number of nitrogens with two attached hydrogens (primary N) is 1. The summed E-state index contributed by atoms with van der Waals surface area (Å²) in [5.74, 6) is -0.263. The second kappa shape index (κ2) is 5.95. The lowest BCUT2D eigenvalue weighted by atomic mass is 10.1. The standard InChI is InChI=1S/C9H19N3O2/c10-9(14)8-7-11-3-5-12(8)4-1-2-6-13/h8,11,13H,1-7H2,(H2,10,14). The Morgan fingerprint density at radius 1 is 1.57 bits per heavy atom. The Morgan fingerprint density at radius 2 is 2.36 bits per heavy atom. The number of nitrogens with zero attached hydrogens (tertiary/aromatic N) is 1. The summed E-state index contributed by atoms with van der Waals surface area (Å²) >= 11 is 0. The molecule has 1 amide bonds. The van der Waals surface area contributed by atoms with Crippen molar-refractivity contribution in [1.29, 1.82) is 0 Å². The lowest BCUT2D eigenvalue weighted by Crippen LogP contribution is -2.56. The molecule has 1 unspecified atom stereocenters. The zero-order valence-corrected chi connectivity index (χ0v) is 8.41. The lowest BCUT2D eigenvalue weighted by Gasteiger charge is -2.33. The number of rotatable bonds is 5. The van der Waals surface area contributed by atoms with Crippen LogP contribution in [0.3, 0.4) is 0 Å². The summed E-state index contributed by atoms with van der Waals surface area (Å²) < 4.78 is 0. The summed E-state index contributed by atoms with van der Waals surface area (Å²) in [5.41, 5.74) is 5.29. The zero-order chi connectivity index (χ0) is 10.4. The summed E-state index contributed by atoms with van der Waals surface area (Å²) in [6.45, 7) is 3.47. The maximum Gasteiger partial charge on any atom is 0.236 e. The molecule has 1 saturated heterocycles. The summed E-state index contributed by atoms with van der Waals surface area (Å²) in [4.78, 5) is 13.2. The van der Waals surface area contributed by atoms with Gasteiger partial charge in [0.2, 0.25) is 5.91 Å². The Balaban J connectivity index is 2.34. The van der Waals surface area contributed by atoms with Crippen molar-refractivity contribution in [2.75, 3.05) is 32.8 Å². The quantitative estimate of drug-likeness (QED) is 0.474. The first-order chi connectivity index (χ1) is 6.75. The van der Waals surface area contributed by atoms with Crippen LogP contribution in [0.15, 0.2) is 0 Å². The molecular formula is C9H19N3O2. The molecule has 0 bridgehead atoms. The van der Waals surface area contributed by atoms with Crippen LogP contribution in [0.4, 0.5) is 0 Å². The number of amides is 1. The molecule has 1 aliphatic rings. The fourth-order valence-electron chi connectivity index (χ4n) is 1.72. The first kappa shape index (κ1) is 11.4. The molecule has 0 spiro atoms.